The van der Waals surface area contributed by atoms with Crippen molar-refractivity contribution in [3.05, 3.63) is 69.3 Å². The molecule has 1 N–H and O–H groups in total. The Morgan fingerprint density at radius 2 is 1.67 bits per heavy atom. The van der Waals surface area contributed by atoms with E-state index in [1.54, 1.807) is 0 Å². The molecule has 1 atom stereocenters. The van der Waals surface area contributed by atoms with E-state index >= 15 is 0 Å². The largest absolute Gasteiger partial charge is 0.306 e. The van der Waals surface area contributed by atoms with Crippen LogP contribution in [0.2, 0.25) is 0 Å². The van der Waals surface area contributed by atoms with Crippen molar-refractivity contribution in [2.24, 2.45) is 0 Å². The van der Waals surface area contributed by atoms with Crippen molar-refractivity contribution in [1.82, 2.24) is 5.32 Å². The minimum Gasteiger partial charge on any atom is -0.306 e. The maximum Gasteiger partial charge on any atom is 0.0320 e. The molecule has 0 aliphatic rings. The Hall–Kier alpha value is -0.870. The SMILES string of the molecule is CCC(NCc1ccc(I)cc1)c1ccccc1. The highest BCUT2D eigenvalue weighted by molar-refractivity contribution is 14.1. The monoisotopic (exact) mass is 351 g/mol. The lowest BCUT2D eigenvalue weighted by Gasteiger charge is -2.17. The molecule has 0 aliphatic carbocycles. The summed E-state index contributed by atoms with van der Waals surface area (Å²) in [5, 5.41) is 3.62. The lowest BCUT2D eigenvalue weighted by molar-refractivity contribution is 0.519. The molecule has 18 heavy (non-hydrogen) atoms. The van der Waals surface area contributed by atoms with Gasteiger partial charge in [0.25, 0.3) is 0 Å². The van der Waals surface area contributed by atoms with Gasteiger partial charge in [0, 0.05) is 16.2 Å². The van der Waals surface area contributed by atoms with Crippen LogP contribution in [0.15, 0.2) is 54.6 Å². The standard InChI is InChI=1S/C16H18IN/c1-2-16(14-6-4-3-5-7-14)18-12-13-8-10-15(17)11-9-13/h3-11,16,18H,2,12H2,1H3. The molecule has 0 radical (unpaired) electrons. The second kappa shape index (κ2) is 6.90. The Morgan fingerprint density at radius 1 is 1.00 bits per heavy atom. The van der Waals surface area contributed by atoms with E-state index in [1.165, 1.54) is 14.7 Å². The van der Waals surface area contributed by atoms with E-state index in [0.717, 1.165) is 13.0 Å². The first-order chi connectivity index (χ1) is 8.79. The van der Waals surface area contributed by atoms with Crippen LogP contribution in [0.1, 0.15) is 30.5 Å². The first kappa shape index (κ1) is 13.6. The molecule has 0 bridgehead atoms. The van der Waals surface area contributed by atoms with Crippen molar-refractivity contribution in [3.8, 4) is 0 Å². The summed E-state index contributed by atoms with van der Waals surface area (Å²) in [6, 6.07) is 19.8. The van der Waals surface area contributed by atoms with Gasteiger partial charge in [0.15, 0.2) is 0 Å². The summed E-state index contributed by atoms with van der Waals surface area (Å²) >= 11 is 2.33. The maximum absolute atomic E-state index is 3.62. The molecule has 0 spiro atoms. The summed E-state index contributed by atoms with van der Waals surface area (Å²) in [7, 11) is 0. The fourth-order valence-corrected chi connectivity index (χ4v) is 2.39. The highest BCUT2D eigenvalue weighted by atomic mass is 127. The number of rotatable bonds is 5. The van der Waals surface area contributed by atoms with Gasteiger partial charge in [-0.15, -0.1) is 0 Å². The first-order valence-electron chi connectivity index (χ1n) is 6.32. The van der Waals surface area contributed by atoms with Gasteiger partial charge < -0.3 is 5.32 Å². The Balaban J connectivity index is 1.97. The Bertz CT molecular complexity index is 464. The van der Waals surface area contributed by atoms with Crippen molar-refractivity contribution >= 4 is 22.6 Å². The Morgan fingerprint density at radius 3 is 2.28 bits per heavy atom. The normalized spacial score (nSPS) is 12.3. The van der Waals surface area contributed by atoms with Crippen LogP contribution in [0.4, 0.5) is 0 Å². The predicted octanol–water partition coefficient (Wildman–Crippen LogP) is 4.53. The van der Waals surface area contributed by atoms with Crippen LogP contribution in [-0.4, -0.2) is 0 Å². The fourth-order valence-electron chi connectivity index (χ4n) is 2.03. The topological polar surface area (TPSA) is 12.0 Å². The van der Waals surface area contributed by atoms with E-state index in [4.69, 9.17) is 0 Å². The van der Waals surface area contributed by atoms with Crippen molar-refractivity contribution in [2.45, 2.75) is 25.9 Å². The minimum atomic E-state index is 0.436. The van der Waals surface area contributed by atoms with Crippen molar-refractivity contribution in [1.29, 1.82) is 0 Å². The van der Waals surface area contributed by atoms with E-state index in [2.05, 4.69) is 89.4 Å². The molecule has 0 heterocycles. The van der Waals surface area contributed by atoms with Crippen LogP contribution < -0.4 is 5.32 Å². The lowest BCUT2D eigenvalue weighted by Crippen LogP contribution is -2.20. The van der Waals surface area contributed by atoms with Crippen LogP contribution in [0.5, 0.6) is 0 Å². The first-order valence-corrected chi connectivity index (χ1v) is 7.40. The number of nitrogens with one attached hydrogen (secondary N) is 1. The molecular formula is C16H18IN. The van der Waals surface area contributed by atoms with E-state index in [0.29, 0.717) is 6.04 Å². The van der Waals surface area contributed by atoms with Gasteiger partial charge in [0.05, 0.1) is 0 Å². The molecule has 1 nitrogen and oxygen atoms in total. The van der Waals surface area contributed by atoms with Gasteiger partial charge in [-0.25, -0.2) is 0 Å². The number of hydrogen-bond acceptors (Lipinski definition) is 1. The van der Waals surface area contributed by atoms with Gasteiger partial charge >= 0.3 is 0 Å². The molecular weight excluding hydrogens is 333 g/mol. The van der Waals surface area contributed by atoms with Gasteiger partial charge in [0.2, 0.25) is 0 Å². The zero-order chi connectivity index (χ0) is 12.8. The molecule has 94 valence electrons. The highest BCUT2D eigenvalue weighted by Gasteiger charge is 2.07. The predicted molar refractivity (Wildman–Crippen MR) is 85.5 cm³/mol. The molecule has 0 amide bonds. The number of hydrogen-bond donors (Lipinski definition) is 1. The summed E-state index contributed by atoms with van der Waals surface area (Å²) in [6.07, 6.45) is 1.11. The molecule has 1 unspecified atom stereocenters. The van der Waals surface area contributed by atoms with Crippen molar-refractivity contribution in [2.75, 3.05) is 0 Å². The molecule has 2 heteroatoms. The van der Waals surface area contributed by atoms with Crippen LogP contribution in [0.25, 0.3) is 0 Å². The van der Waals surface area contributed by atoms with Crippen LogP contribution in [0.3, 0.4) is 0 Å². The van der Waals surface area contributed by atoms with E-state index in [9.17, 15) is 0 Å². The average molecular weight is 351 g/mol. The molecule has 2 aromatic carbocycles. The number of benzene rings is 2. The molecule has 0 saturated carbocycles. The molecule has 2 rings (SSSR count). The van der Waals surface area contributed by atoms with Gasteiger partial charge in [-0.05, 0) is 52.3 Å². The molecule has 0 fully saturated rings. The van der Waals surface area contributed by atoms with E-state index in [1.807, 2.05) is 0 Å². The van der Waals surface area contributed by atoms with Crippen LogP contribution in [0, 0.1) is 3.57 Å². The third-order valence-electron chi connectivity index (χ3n) is 3.08. The zero-order valence-electron chi connectivity index (χ0n) is 10.6. The average Bonchev–Trinajstić information content (AvgIpc) is 2.43. The smallest absolute Gasteiger partial charge is 0.0320 e. The summed E-state index contributed by atoms with van der Waals surface area (Å²) in [5.41, 5.74) is 2.70. The van der Waals surface area contributed by atoms with E-state index in [-0.39, 0.29) is 0 Å². The lowest BCUT2D eigenvalue weighted by atomic mass is 10.0. The Kier molecular flexibility index (Phi) is 5.20. The van der Waals surface area contributed by atoms with Gasteiger partial charge in [-0.2, -0.15) is 0 Å². The highest BCUT2D eigenvalue weighted by Crippen LogP contribution is 2.17. The summed E-state index contributed by atoms with van der Waals surface area (Å²) in [6.45, 7) is 3.14. The fraction of sp³-hybridized carbons (Fsp3) is 0.250. The quantitative estimate of drug-likeness (QED) is 0.781. The Labute approximate surface area is 123 Å². The zero-order valence-corrected chi connectivity index (χ0v) is 12.7. The third-order valence-corrected chi connectivity index (χ3v) is 3.80. The summed E-state index contributed by atoms with van der Waals surface area (Å²) < 4.78 is 1.28. The van der Waals surface area contributed by atoms with Crippen LogP contribution >= 0.6 is 22.6 Å². The molecule has 0 aliphatic heterocycles. The number of halogens is 1. The molecule has 0 aromatic heterocycles. The summed E-state index contributed by atoms with van der Waals surface area (Å²) in [5.74, 6) is 0. The van der Waals surface area contributed by atoms with Crippen molar-refractivity contribution < 1.29 is 0 Å². The maximum atomic E-state index is 3.62. The van der Waals surface area contributed by atoms with Gasteiger partial charge in [-0.1, -0.05) is 49.4 Å². The van der Waals surface area contributed by atoms with Gasteiger partial charge in [-0.3, -0.25) is 0 Å². The van der Waals surface area contributed by atoms with Crippen molar-refractivity contribution in [3.63, 3.8) is 0 Å². The van der Waals surface area contributed by atoms with Gasteiger partial charge in [0.1, 0.15) is 0 Å². The van der Waals surface area contributed by atoms with Crippen LogP contribution in [-0.2, 0) is 6.54 Å². The molecule has 2 aromatic rings. The minimum absolute atomic E-state index is 0.436. The van der Waals surface area contributed by atoms with E-state index < -0.39 is 0 Å². The second-order valence-electron chi connectivity index (χ2n) is 4.38. The summed E-state index contributed by atoms with van der Waals surface area (Å²) in [4.78, 5) is 0. The second-order valence-corrected chi connectivity index (χ2v) is 5.62. The molecule has 0 saturated heterocycles. The third kappa shape index (κ3) is 3.82.